The molecule has 2 aromatic carbocycles. The van der Waals surface area contributed by atoms with Crippen LogP contribution >= 0.6 is 0 Å². The van der Waals surface area contributed by atoms with Crippen LogP contribution in [0.3, 0.4) is 0 Å². The van der Waals surface area contributed by atoms with Crippen molar-refractivity contribution in [2.45, 2.75) is 50.0 Å². The lowest BCUT2D eigenvalue weighted by atomic mass is 10.1. The zero-order valence-corrected chi connectivity index (χ0v) is 19.0. The first-order chi connectivity index (χ1) is 15.3. The van der Waals surface area contributed by atoms with Crippen LogP contribution in [0.2, 0.25) is 0 Å². The molecule has 32 heavy (non-hydrogen) atoms. The fourth-order valence-corrected chi connectivity index (χ4v) is 5.03. The summed E-state index contributed by atoms with van der Waals surface area (Å²) < 4.78 is 38.8. The fourth-order valence-electron chi connectivity index (χ4n) is 3.53. The summed E-state index contributed by atoms with van der Waals surface area (Å²) in [5.41, 5.74) is 1.02. The van der Waals surface area contributed by atoms with Gasteiger partial charge >= 0.3 is 5.97 Å². The van der Waals surface area contributed by atoms with E-state index in [4.69, 9.17) is 9.47 Å². The normalized spacial score (nSPS) is 14.2. The standard InChI is InChI=1S/C23H28N2O6S/c1-3-14-31-23(27)16-8-11-18(12-9-16)24-22(26)17-10-13-20(30-2)21(15-17)32(28,29)25-19-6-4-5-7-19/h8-13,15,19,25H,3-7,14H2,1-2H3,(H,24,26). The molecule has 0 saturated heterocycles. The van der Waals surface area contributed by atoms with Crippen LogP contribution in [0.5, 0.6) is 5.75 Å². The number of anilines is 1. The number of nitrogens with one attached hydrogen (secondary N) is 2. The first-order valence-corrected chi connectivity index (χ1v) is 12.1. The van der Waals surface area contributed by atoms with Gasteiger partial charge in [0.05, 0.1) is 19.3 Å². The number of carbonyl (C=O) groups is 2. The van der Waals surface area contributed by atoms with Crippen LogP contribution in [0.4, 0.5) is 5.69 Å². The van der Waals surface area contributed by atoms with E-state index in [9.17, 15) is 18.0 Å². The van der Waals surface area contributed by atoms with Gasteiger partial charge in [0.1, 0.15) is 10.6 Å². The van der Waals surface area contributed by atoms with Gasteiger partial charge in [-0.1, -0.05) is 19.8 Å². The summed E-state index contributed by atoms with van der Waals surface area (Å²) in [6.45, 7) is 2.25. The number of carbonyl (C=O) groups excluding carboxylic acids is 2. The number of benzene rings is 2. The number of ether oxygens (including phenoxy) is 2. The van der Waals surface area contributed by atoms with Crippen molar-refractivity contribution < 1.29 is 27.5 Å². The van der Waals surface area contributed by atoms with Crippen LogP contribution in [0.15, 0.2) is 47.4 Å². The molecule has 0 aliphatic heterocycles. The highest BCUT2D eigenvalue weighted by atomic mass is 32.2. The first kappa shape index (κ1) is 23.7. The van der Waals surface area contributed by atoms with Crippen molar-refractivity contribution in [3.8, 4) is 5.75 Å². The minimum atomic E-state index is -3.84. The van der Waals surface area contributed by atoms with Gasteiger partial charge in [0.25, 0.3) is 5.91 Å². The average molecular weight is 461 g/mol. The van der Waals surface area contributed by atoms with Gasteiger partial charge < -0.3 is 14.8 Å². The van der Waals surface area contributed by atoms with E-state index < -0.39 is 21.9 Å². The number of hydrogen-bond donors (Lipinski definition) is 2. The molecular formula is C23H28N2O6S. The number of amides is 1. The van der Waals surface area contributed by atoms with Crippen molar-refractivity contribution in [1.82, 2.24) is 4.72 Å². The molecule has 0 bridgehead atoms. The Hall–Kier alpha value is -2.91. The van der Waals surface area contributed by atoms with E-state index in [-0.39, 0.29) is 22.3 Å². The van der Waals surface area contributed by atoms with Gasteiger partial charge in [-0.15, -0.1) is 0 Å². The Bertz CT molecular complexity index is 1060. The van der Waals surface area contributed by atoms with Gasteiger partial charge in [0.15, 0.2) is 0 Å². The van der Waals surface area contributed by atoms with E-state index in [1.807, 2.05) is 6.92 Å². The Morgan fingerprint density at radius 3 is 2.31 bits per heavy atom. The van der Waals surface area contributed by atoms with E-state index in [1.54, 1.807) is 24.3 Å². The zero-order chi connectivity index (χ0) is 23.1. The van der Waals surface area contributed by atoms with Crippen LogP contribution in [-0.2, 0) is 14.8 Å². The third kappa shape index (κ3) is 5.86. The molecule has 0 spiro atoms. The average Bonchev–Trinajstić information content (AvgIpc) is 3.29. The summed E-state index contributed by atoms with van der Waals surface area (Å²) >= 11 is 0. The molecule has 2 aromatic rings. The number of hydrogen-bond acceptors (Lipinski definition) is 6. The predicted octanol–water partition coefficient (Wildman–Crippen LogP) is 3.74. The molecular weight excluding hydrogens is 432 g/mol. The second-order valence-electron chi connectivity index (χ2n) is 7.64. The highest BCUT2D eigenvalue weighted by Gasteiger charge is 2.26. The molecule has 8 nitrogen and oxygen atoms in total. The molecule has 172 valence electrons. The molecule has 3 rings (SSSR count). The summed E-state index contributed by atoms with van der Waals surface area (Å²) in [5, 5.41) is 2.71. The summed E-state index contributed by atoms with van der Waals surface area (Å²) in [6.07, 6.45) is 4.30. The molecule has 1 saturated carbocycles. The first-order valence-electron chi connectivity index (χ1n) is 10.6. The monoisotopic (exact) mass is 460 g/mol. The van der Waals surface area contributed by atoms with Crippen LogP contribution in [-0.4, -0.2) is 40.1 Å². The maximum atomic E-state index is 12.9. The lowest BCUT2D eigenvalue weighted by Gasteiger charge is -2.16. The molecule has 0 aromatic heterocycles. The van der Waals surface area contributed by atoms with Gasteiger partial charge in [-0.2, -0.15) is 0 Å². The molecule has 1 fully saturated rings. The summed E-state index contributed by atoms with van der Waals surface area (Å²) in [6, 6.07) is 10.5. The Balaban J connectivity index is 1.75. The topological polar surface area (TPSA) is 111 Å². The highest BCUT2D eigenvalue weighted by Crippen LogP contribution is 2.27. The Morgan fingerprint density at radius 1 is 1.03 bits per heavy atom. The van der Waals surface area contributed by atoms with Gasteiger partial charge in [0.2, 0.25) is 10.0 Å². The van der Waals surface area contributed by atoms with Crippen molar-refractivity contribution in [1.29, 1.82) is 0 Å². The second-order valence-corrected chi connectivity index (χ2v) is 9.32. The molecule has 0 atom stereocenters. The summed E-state index contributed by atoms with van der Waals surface area (Å²) in [5.74, 6) is -0.738. The highest BCUT2D eigenvalue weighted by molar-refractivity contribution is 7.89. The molecule has 0 unspecified atom stereocenters. The van der Waals surface area contributed by atoms with Crippen LogP contribution in [0.1, 0.15) is 59.7 Å². The maximum Gasteiger partial charge on any atom is 0.338 e. The number of methoxy groups -OCH3 is 1. The largest absolute Gasteiger partial charge is 0.495 e. The molecule has 0 heterocycles. The van der Waals surface area contributed by atoms with E-state index >= 15 is 0 Å². The van der Waals surface area contributed by atoms with Crippen molar-refractivity contribution in [3.05, 3.63) is 53.6 Å². The molecule has 1 amide bonds. The molecule has 1 aliphatic carbocycles. The third-order valence-electron chi connectivity index (χ3n) is 5.21. The van der Waals surface area contributed by atoms with E-state index in [0.717, 1.165) is 32.1 Å². The van der Waals surface area contributed by atoms with Crippen molar-refractivity contribution in [2.75, 3.05) is 19.0 Å². The lowest BCUT2D eigenvalue weighted by Crippen LogP contribution is -2.33. The Morgan fingerprint density at radius 2 is 1.69 bits per heavy atom. The lowest BCUT2D eigenvalue weighted by molar-refractivity contribution is 0.0505. The van der Waals surface area contributed by atoms with Gasteiger partial charge in [-0.05, 0) is 61.7 Å². The second kappa shape index (κ2) is 10.6. The van der Waals surface area contributed by atoms with Crippen LogP contribution in [0.25, 0.3) is 0 Å². The van der Waals surface area contributed by atoms with Crippen LogP contribution in [0, 0.1) is 0 Å². The SMILES string of the molecule is CCCOC(=O)c1ccc(NC(=O)c2ccc(OC)c(S(=O)(=O)NC3CCCC3)c2)cc1. The van der Waals surface area contributed by atoms with Crippen LogP contribution < -0.4 is 14.8 Å². The van der Waals surface area contributed by atoms with Gasteiger partial charge in [-0.3, -0.25) is 4.79 Å². The molecule has 1 aliphatic rings. The number of esters is 1. The Kier molecular flexibility index (Phi) is 7.87. The van der Waals surface area contributed by atoms with E-state index in [1.165, 1.54) is 25.3 Å². The zero-order valence-electron chi connectivity index (χ0n) is 18.2. The maximum absolute atomic E-state index is 12.9. The summed E-state index contributed by atoms with van der Waals surface area (Å²) in [4.78, 5) is 24.6. The number of rotatable bonds is 9. The van der Waals surface area contributed by atoms with Gasteiger partial charge in [0, 0.05) is 17.3 Å². The fraction of sp³-hybridized carbons (Fsp3) is 0.391. The quantitative estimate of drug-likeness (QED) is 0.552. The number of sulfonamides is 1. The smallest absolute Gasteiger partial charge is 0.338 e. The van der Waals surface area contributed by atoms with Crippen molar-refractivity contribution in [3.63, 3.8) is 0 Å². The Labute approximate surface area is 188 Å². The summed E-state index contributed by atoms with van der Waals surface area (Å²) in [7, 11) is -2.46. The van der Waals surface area contributed by atoms with E-state index in [2.05, 4.69) is 10.0 Å². The third-order valence-corrected chi connectivity index (χ3v) is 6.75. The minimum absolute atomic E-state index is 0.0754. The molecule has 9 heteroatoms. The molecule has 2 N–H and O–H groups in total. The minimum Gasteiger partial charge on any atom is -0.495 e. The van der Waals surface area contributed by atoms with E-state index in [0.29, 0.717) is 17.9 Å². The van der Waals surface area contributed by atoms with Crippen molar-refractivity contribution >= 4 is 27.6 Å². The van der Waals surface area contributed by atoms with Gasteiger partial charge in [-0.25, -0.2) is 17.9 Å². The molecule has 0 radical (unpaired) electrons. The van der Waals surface area contributed by atoms with Crippen molar-refractivity contribution in [2.24, 2.45) is 0 Å². The predicted molar refractivity (Wildman–Crippen MR) is 121 cm³/mol.